The van der Waals surface area contributed by atoms with E-state index in [2.05, 4.69) is 38.1 Å². The fourth-order valence-corrected chi connectivity index (χ4v) is 2.10. The van der Waals surface area contributed by atoms with Crippen LogP contribution < -0.4 is 0 Å². The third kappa shape index (κ3) is 2.60. The number of allylic oxidation sites excluding steroid dienone is 2. The van der Waals surface area contributed by atoms with Gasteiger partial charge in [-0.1, -0.05) is 29.8 Å². The standard InChI is InChI=1S/C15H18O/c1-11-3-4-14(9-12(11)2)10-13-5-7-15(16)8-6-13/h3-5,9H,6-8,10H2,1-2H3. The molecule has 1 nitrogen and oxygen atoms in total. The Bertz CT molecular complexity index is 441. The molecule has 0 atom stereocenters. The molecule has 0 radical (unpaired) electrons. The molecule has 0 fully saturated rings. The number of carbonyl (C=O) groups excluding carboxylic acids is 1. The molecule has 0 saturated carbocycles. The molecule has 1 aliphatic rings. The Labute approximate surface area is 97.2 Å². The van der Waals surface area contributed by atoms with Gasteiger partial charge < -0.3 is 0 Å². The molecular weight excluding hydrogens is 196 g/mol. The third-order valence-electron chi connectivity index (χ3n) is 3.35. The Kier molecular flexibility index (Phi) is 3.23. The minimum atomic E-state index is 0.379. The van der Waals surface area contributed by atoms with Crippen LogP contribution in [0.3, 0.4) is 0 Å². The molecule has 16 heavy (non-hydrogen) atoms. The second-order valence-corrected chi connectivity index (χ2v) is 4.70. The van der Waals surface area contributed by atoms with Crippen molar-refractivity contribution in [2.45, 2.75) is 39.5 Å². The van der Waals surface area contributed by atoms with E-state index in [1.807, 2.05) is 0 Å². The highest BCUT2D eigenvalue weighted by Crippen LogP contribution is 2.20. The maximum atomic E-state index is 11.1. The number of rotatable bonds is 2. The molecule has 2 rings (SSSR count). The van der Waals surface area contributed by atoms with E-state index in [1.165, 1.54) is 22.3 Å². The summed E-state index contributed by atoms with van der Waals surface area (Å²) in [7, 11) is 0. The van der Waals surface area contributed by atoms with Crippen LogP contribution in [-0.2, 0) is 11.2 Å². The van der Waals surface area contributed by atoms with E-state index in [9.17, 15) is 4.79 Å². The maximum absolute atomic E-state index is 11.1. The number of Topliss-reactive ketones (excluding diaryl/α,β-unsaturated/α-hetero) is 1. The van der Waals surface area contributed by atoms with Crippen LogP contribution in [0, 0.1) is 13.8 Å². The molecule has 0 unspecified atom stereocenters. The summed E-state index contributed by atoms with van der Waals surface area (Å²) in [6.45, 7) is 4.29. The fourth-order valence-electron chi connectivity index (χ4n) is 2.10. The topological polar surface area (TPSA) is 17.1 Å². The molecule has 84 valence electrons. The summed E-state index contributed by atoms with van der Waals surface area (Å²) in [4.78, 5) is 11.1. The van der Waals surface area contributed by atoms with E-state index in [4.69, 9.17) is 0 Å². The van der Waals surface area contributed by atoms with Crippen LogP contribution >= 0.6 is 0 Å². The molecule has 0 spiro atoms. The Morgan fingerprint density at radius 2 is 1.94 bits per heavy atom. The van der Waals surface area contributed by atoms with Gasteiger partial charge in [0.2, 0.25) is 0 Å². The SMILES string of the molecule is Cc1ccc(CC2=CCC(=O)CC2)cc1C. The van der Waals surface area contributed by atoms with Gasteiger partial charge in [-0.2, -0.15) is 0 Å². The number of benzene rings is 1. The van der Waals surface area contributed by atoms with Gasteiger partial charge in [0.05, 0.1) is 0 Å². The molecule has 0 aromatic heterocycles. The van der Waals surface area contributed by atoms with Gasteiger partial charge in [0, 0.05) is 12.8 Å². The number of hydrogen-bond donors (Lipinski definition) is 0. The normalized spacial score (nSPS) is 16.1. The zero-order valence-electron chi connectivity index (χ0n) is 10.0. The predicted octanol–water partition coefficient (Wildman–Crippen LogP) is 3.53. The number of carbonyl (C=O) groups is 1. The first-order valence-electron chi connectivity index (χ1n) is 5.91. The maximum Gasteiger partial charge on any atom is 0.136 e. The van der Waals surface area contributed by atoms with E-state index in [0.717, 1.165) is 19.3 Å². The van der Waals surface area contributed by atoms with Gasteiger partial charge in [-0.25, -0.2) is 0 Å². The Morgan fingerprint density at radius 1 is 1.12 bits per heavy atom. The summed E-state index contributed by atoms with van der Waals surface area (Å²) >= 11 is 0. The Morgan fingerprint density at radius 3 is 2.56 bits per heavy atom. The molecule has 0 aliphatic heterocycles. The van der Waals surface area contributed by atoms with Gasteiger partial charge >= 0.3 is 0 Å². The first kappa shape index (κ1) is 11.1. The highest BCUT2D eigenvalue weighted by atomic mass is 16.1. The smallest absolute Gasteiger partial charge is 0.136 e. The molecule has 1 aromatic rings. The van der Waals surface area contributed by atoms with Gasteiger partial charge in [0.1, 0.15) is 5.78 Å². The number of ketones is 1. The molecule has 1 aliphatic carbocycles. The lowest BCUT2D eigenvalue weighted by molar-refractivity contribution is -0.118. The molecule has 0 N–H and O–H groups in total. The van der Waals surface area contributed by atoms with Crippen LogP contribution in [0.5, 0.6) is 0 Å². The minimum absolute atomic E-state index is 0.379. The molecule has 0 saturated heterocycles. The highest BCUT2D eigenvalue weighted by Gasteiger charge is 2.10. The molecule has 0 bridgehead atoms. The average Bonchev–Trinajstić information content (AvgIpc) is 2.27. The molecule has 1 heteroatoms. The van der Waals surface area contributed by atoms with Crippen molar-refractivity contribution >= 4 is 5.78 Å². The summed E-state index contributed by atoms with van der Waals surface area (Å²) in [5.74, 6) is 0.379. The van der Waals surface area contributed by atoms with Crippen molar-refractivity contribution in [3.8, 4) is 0 Å². The van der Waals surface area contributed by atoms with Crippen LogP contribution in [0.4, 0.5) is 0 Å². The van der Waals surface area contributed by atoms with Crippen molar-refractivity contribution in [2.24, 2.45) is 0 Å². The first-order chi connectivity index (χ1) is 7.65. The highest BCUT2D eigenvalue weighted by molar-refractivity contribution is 5.81. The fraction of sp³-hybridized carbons (Fsp3) is 0.400. The van der Waals surface area contributed by atoms with E-state index in [-0.39, 0.29) is 0 Å². The summed E-state index contributed by atoms with van der Waals surface area (Å²) < 4.78 is 0. The predicted molar refractivity (Wildman–Crippen MR) is 66.6 cm³/mol. The van der Waals surface area contributed by atoms with Crippen molar-refractivity contribution in [1.82, 2.24) is 0 Å². The quantitative estimate of drug-likeness (QED) is 0.688. The second-order valence-electron chi connectivity index (χ2n) is 4.70. The molecule has 0 amide bonds. The van der Waals surface area contributed by atoms with Crippen molar-refractivity contribution in [1.29, 1.82) is 0 Å². The summed E-state index contributed by atoms with van der Waals surface area (Å²) in [6.07, 6.45) is 5.44. The van der Waals surface area contributed by atoms with Gasteiger partial charge in [0.15, 0.2) is 0 Å². The summed E-state index contributed by atoms with van der Waals surface area (Å²) in [5.41, 5.74) is 5.48. The van der Waals surface area contributed by atoms with E-state index in [0.29, 0.717) is 12.2 Å². The summed E-state index contributed by atoms with van der Waals surface area (Å²) in [6, 6.07) is 6.63. The lowest BCUT2D eigenvalue weighted by atomic mass is 9.92. The zero-order chi connectivity index (χ0) is 11.5. The van der Waals surface area contributed by atoms with Crippen LogP contribution in [0.25, 0.3) is 0 Å². The van der Waals surface area contributed by atoms with E-state index < -0.39 is 0 Å². The summed E-state index contributed by atoms with van der Waals surface area (Å²) in [5, 5.41) is 0. The Balaban J connectivity index is 2.09. The lowest BCUT2D eigenvalue weighted by Gasteiger charge is -2.12. The lowest BCUT2D eigenvalue weighted by Crippen LogP contribution is -2.05. The largest absolute Gasteiger partial charge is 0.299 e. The molecule has 1 aromatic carbocycles. The van der Waals surface area contributed by atoms with E-state index >= 15 is 0 Å². The molecule has 0 heterocycles. The van der Waals surface area contributed by atoms with Crippen molar-refractivity contribution in [3.05, 3.63) is 46.5 Å². The third-order valence-corrected chi connectivity index (χ3v) is 3.35. The van der Waals surface area contributed by atoms with Crippen LogP contribution in [0.15, 0.2) is 29.8 Å². The zero-order valence-corrected chi connectivity index (χ0v) is 10.0. The average molecular weight is 214 g/mol. The first-order valence-corrected chi connectivity index (χ1v) is 5.91. The van der Waals surface area contributed by atoms with Crippen molar-refractivity contribution < 1.29 is 4.79 Å². The van der Waals surface area contributed by atoms with Gasteiger partial charge in [0.25, 0.3) is 0 Å². The van der Waals surface area contributed by atoms with Gasteiger partial charge in [-0.15, -0.1) is 0 Å². The van der Waals surface area contributed by atoms with E-state index in [1.54, 1.807) is 0 Å². The van der Waals surface area contributed by atoms with Crippen LogP contribution in [0.1, 0.15) is 36.0 Å². The minimum Gasteiger partial charge on any atom is -0.299 e. The van der Waals surface area contributed by atoms with Crippen LogP contribution in [0.2, 0.25) is 0 Å². The second kappa shape index (κ2) is 4.65. The van der Waals surface area contributed by atoms with Gasteiger partial charge in [-0.05, 0) is 43.4 Å². The molecular formula is C15H18O. The van der Waals surface area contributed by atoms with Crippen molar-refractivity contribution in [3.63, 3.8) is 0 Å². The number of hydrogen-bond acceptors (Lipinski definition) is 1. The van der Waals surface area contributed by atoms with Crippen LogP contribution in [-0.4, -0.2) is 5.78 Å². The monoisotopic (exact) mass is 214 g/mol. The van der Waals surface area contributed by atoms with Crippen molar-refractivity contribution in [2.75, 3.05) is 0 Å². The van der Waals surface area contributed by atoms with Gasteiger partial charge in [-0.3, -0.25) is 4.79 Å². The number of aryl methyl sites for hydroxylation is 2. The Hall–Kier alpha value is -1.37.